The number of hydrogen-bond donors (Lipinski definition) is 1. The molecule has 2 heterocycles. The molecule has 0 amide bonds. The third-order valence-corrected chi connectivity index (χ3v) is 5.64. The number of benzene rings is 2. The van der Waals surface area contributed by atoms with Crippen molar-refractivity contribution in [2.45, 2.75) is 32.4 Å². The molecule has 0 bridgehead atoms. The molecule has 1 aromatic heterocycles. The molecule has 29 heavy (non-hydrogen) atoms. The van der Waals surface area contributed by atoms with Gasteiger partial charge in [-0.05, 0) is 62.1 Å². The van der Waals surface area contributed by atoms with Gasteiger partial charge in [0.2, 0.25) is 0 Å². The fourth-order valence-corrected chi connectivity index (χ4v) is 3.96. The van der Waals surface area contributed by atoms with Gasteiger partial charge in [-0.25, -0.2) is 4.68 Å². The van der Waals surface area contributed by atoms with Crippen molar-refractivity contribution in [3.05, 3.63) is 63.1 Å². The summed E-state index contributed by atoms with van der Waals surface area (Å²) >= 11 is 12.5. The first kappa shape index (κ1) is 20.1. The Morgan fingerprint density at radius 3 is 2.62 bits per heavy atom. The van der Waals surface area contributed by atoms with Gasteiger partial charge >= 0.3 is 6.18 Å². The Balaban J connectivity index is 1.96. The minimum absolute atomic E-state index is 0.234. The summed E-state index contributed by atoms with van der Waals surface area (Å²) in [5, 5.41) is 8.88. The van der Waals surface area contributed by atoms with E-state index in [0.717, 1.165) is 54.2 Å². The van der Waals surface area contributed by atoms with Gasteiger partial charge in [-0.15, -0.1) is 0 Å². The second-order valence-corrected chi connectivity index (χ2v) is 7.94. The summed E-state index contributed by atoms with van der Waals surface area (Å²) in [6, 6.07) is 8.82. The quantitative estimate of drug-likeness (QED) is 0.469. The minimum Gasteiger partial charge on any atom is -0.370 e. The largest absolute Gasteiger partial charge is 0.416 e. The Kier molecular flexibility index (Phi) is 5.25. The van der Waals surface area contributed by atoms with E-state index in [-0.39, 0.29) is 10.6 Å². The van der Waals surface area contributed by atoms with Gasteiger partial charge in [0.15, 0.2) is 0 Å². The highest BCUT2D eigenvalue weighted by Crippen LogP contribution is 2.40. The number of alkyl halides is 3. The van der Waals surface area contributed by atoms with E-state index in [1.807, 2.05) is 13.0 Å². The second-order valence-electron chi connectivity index (χ2n) is 7.09. The van der Waals surface area contributed by atoms with Crippen LogP contribution < -0.4 is 5.32 Å². The lowest BCUT2D eigenvalue weighted by Gasteiger charge is -2.12. The van der Waals surface area contributed by atoms with Crippen LogP contribution in [0.1, 0.15) is 29.5 Å². The van der Waals surface area contributed by atoms with Crippen LogP contribution >= 0.6 is 23.2 Å². The van der Waals surface area contributed by atoms with Gasteiger partial charge in [0.25, 0.3) is 0 Å². The Bertz CT molecular complexity index is 1070. The van der Waals surface area contributed by atoms with Gasteiger partial charge < -0.3 is 5.32 Å². The monoisotopic (exact) mass is 439 g/mol. The van der Waals surface area contributed by atoms with Crippen molar-refractivity contribution in [3.63, 3.8) is 0 Å². The zero-order chi connectivity index (χ0) is 20.8. The first-order valence-electron chi connectivity index (χ1n) is 9.25. The number of aromatic nitrogens is 2. The molecule has 1 aliphatic heterocycles. The van der Waals surface area contributed by atoms with Crippen LogP contribution in [0.2, 0.25) is 10.0 Å². The average molecular weight is 440 g/mol. The van der Waals surface area contributed by atoms with Crippen LogP contribution in [-0.4, -0.2) is 16.3 Å². The molecule has 0 atom stereocenters. The number of nitrogens with zero attached hydrogens (tertiary/aromatic N) is 2. The fraction of sp³-hybridized carbons (Fsp3) is 0.286. The molecule has 0 fully saturated rings. The molecule has 1 N–H and O–H groups in total. The molecule has 3 aromatic rings. The molecule has 1 aliphatic rings. The molecule has 3 nitrogen and oxygen atoms in total. The number of halogens is 5. The lowest BCUT2D eigenvalue weighted by atomic mass is 10.0. The first-order valence-corrected chi connectivity index (χ1v) is 10.0. The Morgan fingerprint density at radius 1 is 1.07 bits per heavy atom. The molecular weight excluding hydrogens is 422 g/mol. The van der Waals surface area contributed by atoms with Crippen LogP contribution in [0, 0.1) is 6.92 Å². The number of aryl methyl sites for hydroxylation is 1. The summed E-state index contributed by atoms with van der Waals surface area (Å²) in [4.78, 5) is 0. The zero-order valence-corrected chi connectivity index (χ0v) is 17.1. The van der Waals surface area contributed by atoms with E-state index < -0.39 is 11.7 Å². The number of rotatable bonds is 2. The molecule has 0 aliphatic carbocycles. The van der Waals surface area contributed by atoms with Crippen molar-refractivity contribution in [3.8, 4) is 16.9 Å². The summed E-state index contributed by atoms with van der Waals surface area (Å²) in [6.45, 7) is 2.70. The van der Waals surface area contributed by atoms with Crippen molar-refractivity contribution in [2.24, 2.45) is 0 Å². The topological polar surface area (TPSA) is 29.9 Å². The van der Waals surface area contributed by atoms with Crippen LogP contribution in [0.4, 0.5) is 19.0 Å². The summed E-state index contributed by atoms with van der Waals surface area (Å²) in [5.74, 6) is 0.774. The van der Waals surface area contributed by atoms with Crippen molar-refractivity contribution in [1.29, 1.82) is 0 Å². The average Bonchev–Trinajstić information content (AvgIpc) is 2.84. The number of hydrogen-bond acceptors (Lipinski definition) is 2. The predicted molar refractivity (Wildman–Crippen MR) is 110 cm³/mol. The van der Waals surface area contributed by atoms with Crippen LogP contribution in [-0.2, 0) is 12.6 Å². The summed E-state index contributed by atoms with van der Waals surface area (Å²) in [6.07, 6.45) is -1.90. The highest BCUT2D eigenvalue weighted by Gasteiger charge is 2.32. The van der Waals surface area contributed by atoms with Crippen LogP contribution in [0.25, 0.3) is 16.9 Å². The fourth-order valence-electron chi connectivity index (χ4n) is 3.59. The van der Waals surface area contributed by atoms with E-state index in [1.54, 1.807) is 16.8 Å². The van der Waals surface area contributed by atoms with Gasteiger partial charge in [0.1, 0.15) is 5.82 Å². The lowest BCUT2D eigenvalue weighted by Crippen LogP contribution is -2.08. The Morgan fingerprint density at radius 2 is 1.86 bits per heavy atom. The maximum Gasteiger partial charge on any atom is 0.416 e. The SMILES string of the molecule is Cc1ccc(Cl)cc1-n1nc(-c2cc(C(F)(F)F)ccc2Cl)c2c1NCCCC2. The van der Waals surface area contributed by atoms with Crippen LogP contribution in [0.15, 0.2) is 36.4 Å². The second kappa shape index (κ2) is 7.58. The molecule has 0 saturated heterocycles. The minimum atomic E-state index is -4.46. The van der Waals surface area contributed by atoms with Crippen molar-refractivity contribution < 1.29 is 13.2 Å². The zero-order valence-electron chi connectivity index (χ0n) is 15.6. The standard InChI is InChI=1S/C21H18Cl2F3N3/c1-12-5-7-14(22)11-18(12)29-20-15(4-2-3-9-27-20)19(28-29)16-10-13(21(24,25)26)6-8-17(16)23/h5-8,10-11,27H,2-4,9H2,1H3. The maximum absolute atomic E-state index is 13.3. The molecule has 152 valence electrons. The van der Waals surface area contributed by atoms with Gasteiger partial charge in [-0.1, -0.05) is 29.3 Å². The van der Waals surface area contributed by atoms with Crippen molar-refractivity contribution in [2.75, 3.05) is 11.9 Å². The normalized spacial score (nSPS) is 14.3. The first-order chi connectivity index (χ1) is 13.8. The maximum atomic E-state index is 13.3. The van der Waals surface area contributed by atoms with Gasteiger partial charge in [-0.2, -0.15) is 18.3 Å². The molecule has 8 heteroatoms. The molecule has 2 aromatic carbocycles. The summed E-state index contributed by atoms with van der Waals surface area (Å²) in [7, 11) is 0. The molecule has 0 saturated carbocycles. The number of fused-ring (bicyclic) bond motifs is 1. The molecule has 0 unspecified atom stereocenters. The molecule has 0 radical (unpaired) electrons. The molecule has 0 spiro atoms. The van der Waals surface area contributed by atoms with E-state index in [0.29, 0.717) is 17.1 Å². The van der Waals surface area contributed by atoms with Crippen molar-refractivity contribution >= 4 is 29.0 Å². The smallest absolute Gasteiger partial charge is 0.370 e. The third-order valence-electron chi connectivity index (χ3n) is 5.08. The number of anilines is 1. The van der Waals surface area contributed by atoms with Crippen LogP contribution in [0.3, 0.4) is 0 Å². The van der Waals surface area contributed by atoms with E-state index in [9.17, 15) is 13.2 Å². The van der Waals surface area contributed by atoms with E-state index in [2.05, 4.69) is 5.32 Å². The molecular formula is C21H18Cl2F3N3. The predicted octanol–water partition coefficient (Wildman–Crippen LogP) is 6.92. The van der Waals surface area contributed by atoms with Gasteiger partial charge in [-0.3, -0.25) is 0 Å². The summed E-state index contributed by atoms with van der Waals surface area (Å²) in [5.41, 5.74) is 2.58. The Labute approximate surface area is 176 Å². The third kappa shape index (κ3) is 3.83. The lowest BCUT2D eigenvalue weighted by molar-refractivity contribution is -0.137. The highest BCUT2D eigenvalue weighted by molar-refractivity contribution is 6.33. The molecule has 4 rings (SSSR count). The number of nitrogens with one attached hydrogen (secondary N) is 1. The van der Waals surface area contributed by atoms with Crippen LogP contribution in [0.5, 0.6) is 0 Å². The Hall–Kier alpha value is -2.18. The summed E-state index contributed by atoms with van der Waals surface area (Å²) < 4.78 is 41.6. The van der Waals surface area contributed by atoms with E-state index >= 15 is 0 Å². The van der Waals surface area contributed by atoms with E-state index in [1.165, 1.54) is 6.07 Å². The van der Waals surface area contributed by atoms with Crippen molar-refractivity contribution in [1.82, 2.24) is 9.78 Å². The highest BCUT2D eigenvalue weighted by atomic mass is 35.5. The van der Waals surface area contributed by atoms with Gasteiger partial charge in [0, 0.05) is 22.7 Å². The van der Waals surface area contributed by atoms with E-state index in [4.69, 9.17) is 28.3 Å². The van der Waals surface area contributed by atoms with Gasteiger partial charge in [0.05, 0.1) is 22.0 Å².